The van der Waals surface area contributed by atoms with Gasteiger partial charge in [-0.05, 0) is 62.3 Å². The van der Waals surface area contributed by atoms with Gasteiger partial charge in [0.25, 0.3) is 0 Å². The summed E-state index contributed by atoms with van der Waals surface area (Å²) in [6, 6.07) is 11.1. The molecule has 2 amide bonds. The van der Waals surface area contributed by atoms with Crippen LogP contribution in [0.25, 0.3) is 0 Å². The summed E-state index contributed by atoms with van der Waals surface area (Å²) in [5, 5.41) is 28.0. The maximum Gasteiger partial charge on any atom is 0.320 e. The number of aromatic nitrogens is 3. The molecule has 1 aliphatic carbocycles. The molecule has 0 saturated carbocycles. The maximum absolute atomic E-state index is 13.6. The van der Waals surface area contributed by atoms with Gasteiger partial charge in [0.1, 0.15) is 28.9 Å². The Labute approximate surface area is 312 Å². The number of likely N-dealkylation sites (tertiary alicyclic amines) is 1. The van der Waals surface area contributed by atoms with Gasteiger partial charge < -0.3 is 25.4 Å². The highest BCUT2D eigenvalue weighted by Crippen LogP contribution is 2.38. The quantitative estimate of drug-likeness (QED) is 0.160. The molecule has 4 heterocycles. The number of urea groups is 1. The molecule has 1 aromatic carbocycles. The van der Waals surface area contributed by atoms with Crippen molar-refractivity contribution in [1.29, 1.82) is 10.8 Å². The van der Waals surface area contributed by atoms with Crippen LogP contribution in [0.15, 0.2) is 71.8 Å². The van der Waals surface area contributed by atoms with Crippen LogP contribution in [0.2, 0.25) is 0 Å². The number of aliphatic imine (C=N–C) groups is 1. The van der Waals surface area contributed by atoms with Crippen LogP contribution in [-0.4, -0.2) is 87.4 Å². The number of piperidine rings is 1. The van der Waals surface area contributed by atoms with E-state index in [1.54, 1.807) is 35.2 Å². The minimum atomic E-state index is -0.391. The van der Waals surface area contributed by atoms with Crippen molar-refractivity contribution in [3.8, 4) is 5.75 Å². The summed E-state index contributed by atoms with van der Waals surface area (Å²) in [6.07, 6.45) is 11.3. The summed E-state index contributed by atoms with van der Waals surface area (Å²) in [5.74, 6) is 1.21. The molecule has 284 valence electrons. The number of rotatable bonds is 8. The molecule has 0 bridgehead atoms. The van der Waals surface area contributed by atoms with Gasteiger partial charge in [-0.1, -0.05) is 45.0 Å². The number of hydrogen-bond donors (Lipinski definition) is 5. The molecule has 3 unspecified atom stereocenters. The molecule has 6 rings (SSSR count). The number of amidine groups is 1. The fourth-order valence-electron chi connectivity index (χ4n) is 6.98. The average molecular weight is 726 g/mol. The lowest BCUT2D eigenvalue weighted by molar-refractivity contribution is 0.0360. The van der Waals surface area contributed by atoms with Crippen molar-refractivity contribution in [2.75, 3.05) is 39.4 Å². The summed E-state index contributed by atoms with van der Waals surface area (Å²) in [7, 11) is 0. The maximum atomic E-state index is 13.6. The van der Waals surface area contributed by atoms with Crippen molar-refractivity contribution in [1.82, 2.24) is 34.8 Å². The predicted molar refractivity (Wildman–Crippen MR) is 205 cm³/mol. The Bertz CT molecular complexity index is 1870. The van der Waals surface area contributed by atoms with Crippen LogP contribution in [0.5, 0.6) is 5.75 Å². The highest BCUT2D eigenvalue weighted by Gasteiger charge is 2.30. The van der Waals surface area contributed by atoms with E-state index >= 15 is 0 Å². The van der Waals surface area contributed by atoms with Gasteiger partial charge in [0.2, 0.25) is 5.96 Å². The average Bonchev–Trinajstić information content (AvgIpc) is 3.59. The molecule has 2 aliphatic heterocycles. The third-order valence-electron chi connectivity index (χ3n) is 10.3. The SMILES string of the molecule is CC1CCCCN1C(=N)n1cc(OC2CCC(NC(=O)NC(C=C(N)C(C)(C)C)=Nc3cnn(CCN4CCOCC4)c3)c3ccccc32)ccc1=N. The minimum Gasteiger partial charge on any atom is -0.484 e. The van der Waals surface area contributed by atoms with Crippen LogP contribution in [0, 0.1) is 16.2 Å². The number of allylic oxidation sites excluding steroid dienone is 1. The van der Waals surface area contributed by atoms with Crippen LogP contribution in [0.4, 0.5) is 10.5 Å². The number of nitrogens with zero attached hydrogens (tertiary/aromatic N) is 6. The van der Waals surface area contributed by atoms with Gasteiger partial charge in [0, 0.05) is 49.4 Å². The van der Waals surface area contributed by atoms with E-state index in [4.69, 9.17) is 31.0 Å². The Morgan fingerprint density at radius 1 is 1.06 bits per heavy atom. The molecule has 3 atom stereocenters. The van der Waals surface area contributed by atoms with Crippen LogP contribution in [0.1, 0.15) is 83.1 Å². The van der Waals surface area contributed by atoms with Crippen molar-refractivity contribution in [3.05, 3.63) is 83.4 Å². The molecule has 0 spiro atoms. The lowest BCUT2D eigenvalue weighted by Crippen LogP contribution is -2.47. The Morgan fingerprint density at radius 2 is 1.83 bits per heavy atom. The lowest BCUT2D eigenvalue weighted by Gasteiger charge is -2.36. The third kappa shape index (κ3) is 9.73. The normalized spacial score (nSPS) is 21.5. The van der Waals surface area contributed by atoms with Gasteiger partial charge >= 0.3 is 6.03 Å². The number of ether oxygens (including phenoxy) is 2. The highest BCUT2D eigenvalue weighted by molar-refractivity contribution is 6.05. The number of pyridine rings is 1. The largest absolute Gasteiger partial charge is 0.484 e. The Hall–Kier alpha value is -4.95. The number of carbonyl (C=O) groups is 1. The zero-order valence-electron chi connectivity index (χ0n) is 31.5. The first-order valence-corrected chi connectivity index (χ1v) is 18.8. The number of morpholine rings is 1. The van der Waals surface area contributed by atoms with Gasteiger partial charge in [-0.2, -0.15) is 5.10 Å². The van der Waals surface area contributed by atoms with E-state index in [0.29, 0.717) is 41.8 Å². The summed E-state index contributed by atoms with van der Waals surface area (Å²) >= 11 is 0. The van der Waals surface area contributed by atoms with Crippen LogP contribution in [-0.2, 0) is 11.3 Å². The monoisotopic (exact) mass is 725 g/mol. The van der Waals surface area contributed by atoms with Gasteiger partial charge in [-0.3, -0.25) is 30.3 Å². The molecular formula is C39H55N11O3. The van der Waals surface area contributed by atoms with Gasteiger partial charge in [0.05, 0.1) is 44.4 Å². The predicted octanol–water partition coefficient (Wildman–Crippen LogP) is 5.03. The fourth-order valence-corrected chi connectivity index (χ4v) is 6.98. The van der Waals surface area contributed by atoms with E-state index in [-0.39, 0.29) is 29.1 Å². The summed E-state index contributed by atoms with van der Waals surface area (Å²) < 4.78 is 15.5. The van der Waals surface area contributed by atoms with E-state index in [0.717, 1.165) is 76.3 Å². The molecule has 3 aliphatic rings. The first kappa shape index (κ1) is 37.8. The fraction of sp³-hybridized carbons (Fsp3) is 0.513. The van der Waals surface area contributed by atoms with Crippen molar-refractivity contribution in [2.45, 2.75) is 84.5 Å². The van der Waals surface area contributed by atoms with Crippen molar-refractivity contribution in [2.24, 2.45) is 16.1 Å². The lowest BCUT2D eigenvalue weighted by atomic mass is 9.85. The number of benzene rings is 1. The number of hydrogen-bond acceptors (Lipinski definition) is 9. The standard InChI is InChI=1S/C39H55N11O3/c1-27-9-7-8-16-49(27)37(42)50-26-29(12-15-35(50)41)53-33-14-13-32(30-10-5-6-11-31(30)33)45-38(51)46-36(23-34(40)39(2,3)4)44-28-24-43-48(25-28)18-17-47-19-21-52-22-20-47/h5-6,10-12,15,23-27,32-33,41-42H,7-9,13-14,16-22,40H2,1-4H3,(H2,44,45,46,51). The Balaban J connectivity index is 1.14. The van der Waals surface area contributed by atoms with Gasteiger partial charge in [-0.15, -0.1) is 0 Å². The Morgan fingerprint density at radius 3 is 2.58 bits per heavy atom. The zero-order chi connectivity index (χ0) is 37.5. The molecule has 2 saturated heterocycles. The van der Waals surface area contributed by atoms with Crippen molar-refractivity contribution < 1.29 is 14.3 Å². The second-order valence-electron chi connectivity index (χ2n) is 15.2. The minimum absolute atomic E-state index is 0.235. The summed E-state index contributed by atoms with van der Waals surface area (Å²) in [5.41, 5.74) is 9.52. The number of fused-ring (bicyclic) bond motifs is 1. The molecule has 53 heavy (non-hydrogen) atoms. The van der Waals surface area contributed by atoms with E-state index < -0.39 is 6.03 Å². The first-order valence-electron chi connectivity index (χ1n) is 18.8. The summed E-state index contributed by atoms with van der Waals surface area (Å²) in [4.78, 5) is 22.8. The van der Waals surface area contributed by atoms with Crippen molar-refractivity contribution >= 4 is 23.5 Å². The molecule has 2 fully saturated rings. The highest BCUT2D eigenvalue weighted by atomic mass is 16.5. The first-order chi connectivity index (χ1) is 25.4. The van der Waals surface area contributed by atoms with E-state index in [9.17, 15) is 4.79 Å². The van der Waals surface area contributed by atoms with Crippen LogP contribution < -0.4 is 26.6 Å². The molecule has 3 aromatic rings. The van der Waals surface area contributed by atoms with Gasteiger partial charge in [0.15, 0.2) is 0 Å². The third-order valence-corrected chi connectivity index (χ3v) is 10.3. The number of nitrogens with two attached hydrogens (primary N) is 1. The summed E-state index contributed by atoms with van der Waals surface area (Å²) in [6.45, 7) is 13.9. The van der Waals surface area contributed by atoms with E-state index in [1.165, 1.54) is 0 Å². The molecule has 0 radical (unpaired) electrons. The molecule has 14 heteroatoms. The number of carbonyl (C=O) groups excluding carboxylic acids is 1. The Kier molecular flexibility index (Phi) is 12.0. The molecule has 14 nitrogen and oxygen atoms in total. The van der Waals surface area contributed by atoms with Gasteiger partial charge in [-0.25, -0.2) is 9.79 Å². The molecular weight excluding hydrogens is 671 g/mol. The molecule has 6 N–H and O–H groups in total. The molecule has 2 aromatic heterocycles. The van der Waals surface area contributed by atoms with E-state index in [2.05, 4.69) is 32.5 Å². The topological polar surface area (TPSA) is 175 Å². The number of amides is 2. The number of nitrogens with one attached hydrogen (secondary N) is 4. The second-order valence-corrected chi connectivity index (χ2v) is 15.2. The van der Waals surface area contributed by atoms with Crippen LogP contribution >= 0.6 is 0 Å². The van der Waals surface area contributed by atoms with Crippen molar-refractivity contribution in [3.63, 3.8) is 0 Å². The van der Waals surface area contributed by atoms with Crippen LogP contribution in [0.3, 0.4) is 0 Å². The second kappa shape index (κ2) is 16.8. The zero-order valence-corrected chi connectivity index (χ0v) is 31.5. The van der Waals surface area contributed by atoms with E-state index in [1.807, 2.05) is 55.9 Å². The smallest absolute Gasteiger partial charge is 0.320 e.